The number of hydrogen-bond acceptors (Lipinski definition) is 5. The van der Waals surface area contributed by atoms with Crippen LogP contribution >= 0.6 is 23.2 Å². The van der Waals surface area contributed by atoms with Crippen LogP contribution in [0.15, 0.2) is 59.9 Å². The van der Waals surface area contributed by atoms with E-state index < -0.39 is 0 Å². The summed E-state index contributed by atoms with van der Waals surface area (Å²) in [6.07, 6.45) is 5.53. The molecule has 0 unspecified atom stereocenters. The highest BCUT2D eigenvalue weighted by atomic mass is 35.5. The van der Waals surface area contributed by atoms with E-state index in [4.69, 9.17) is 33.9 Å². The van der Waals surface area contributed by atoms with Gasteiger partial charge in [-0.1, -0.05) is 48.0 Å². The topological polar surface area (TPSA) is 80.3 Å². The molecule has 1 saturated heterocycles. The molecule has 6 nitrogen and oxygen atoms in total. The molecule has 0 spiro atoms. The fourth-order valence-electron chi connectivity index (χ4n) is 4.42. The van der Waals surface area contributed by atoms with Gasteiger partial charge in [-0.3, -0.25) is 0 Å². The van der Waals surface area contributed by atoms with Crippen LogP contribution in [-0.2, 0) is 13.0 Å². The zero-order valence-corrected chi connectivity index (χ0v) is 21.6. The molecular formula is C27H31Cl2FN6. The Morgan fingerprint density at radius 3 is 2.67 bits per heavy atom. The number of nitrogens with zero attached hydrogens (tertiary/aromatic N) is 3. The SMILES string of the molecule is C=C(N=Cc1nc(-c2c(Cl)cccc2Cl)n(CCC2CCNCC2)c1N)NCCc1cccc(F)c1. The van der Waals surface area contributed by atoms with Gasteiger partial charge in [0, 0.05) is 13.1 Å². The smallest absolute Gasteiger partial charge is 0.145 e. The van der Waals surface area contributed by atoms with E-state index in [9.17, 15) is 4.39 Å². The fraction of sp³-hybridized carbons (Fsp3) is 0.333. The van der Waals surface area contributed by atoms with Crippen molar-refractivity contribution in [3.63, 3.8) is 0 Å². The molecule has 1 aliphatic rings. The molecule has 0 saturated carbocycles. The van der Waals surface area contributed by atoms with Gasteiger partial charge in [0.15, 0.2) is 0 Å². The molecule has 4 rings (SSSR count). The number of anilines is 1. The largest absolute Gasteiger partial charge is 0.383 e. The number of aromatic nitrogens is 2. The quantitative estimate of drug-likeness (QED) is 0.295. The molecule has 4 N–H and O–H groups in total. The minimum atomic E-state index is -0.245. The Bertz CT molecular complexity index is 1210. The third-order valence-corrected chi connectivity index (χ3v) is 7.05. The van der Waals surface area contributed by atoms with E-state index in [1.165, 1.54) is 12.1 Å². The number of hydrogen-bond donors (Lipinski definition) is 3. The summed E-state index contributed by atoms with van der Waals surface area (Å²) in [6.45, 7) is 7.32. The third kappa shape index (κ3) is 6.66. The third-order valence-electron chi connectivity index (χ3n) is 6.42. The molecule has 1 aromatic heterocycles. The molecule has 2 aromatic carbocycles. The van der Waals surface area contributed by atoms with Crippen molar-refractivity contribution >= 4 is 35.2 Å². The van der Waals surface area contributed by atoms with E-state index in [-0.39, 0.29) is 5.82 Å². The highest BCUT2D eigenvalue weighted by Crippen LogP contribution is 2.36. The average molecular weight is 529 g/mol. The van der Waals surface area contributed by atoms with E-state index in [0.717, 1.165) is 37.9 Å². The summed E-state index contributed by atoms with van der Waals surface area (Å²) in [6, 6.07) is 11.9. The van der Waals surface area contributed by atoms with Crippen molar-refractivity contribution in [1.29, 1.82) is 0 Å². The number of rotatable bonds is 10. The Morgan fingerprint density at radius 1 is 1.22 bits per heavy atom. The first kappa shape index (κ1) is 26.2. The van der Waals surface area contributed by atoms with Crippen molar-refractivity contribution < 1.29 is 4.39 Å². The lowest BCUT2D eigenvalue weighted by Crippen LogP contribution is -2.28. The van der Waals surface area contributed by atoms with Crippen molar-refractivity contribution in [3.8, 4) is 11.4 Å². The normalized spacial score (nSPS) is 14.4. The lowest BCUT2D eigenvalue weighted by atomic mass is 9.94. The van der Waals surface area contributed by atoms with E-state index in [2.05, 4.69) is 22.2 Å². The number of nitrogens with one attached hydrogen (secondary N) is 2. The van der Waals surface area contributed by atoms with Gasteiger partial charge in [0.2, 0.25) is 0 Å². The molecule has 0 aliphatic carbocycles. The van der Waals surface area contributed by atoms with Crippen LogP contribution in [0.4, 0.5) is 10.2 Å². The van der Waals surface area contributed by atoms with Gasteiger partial charge in [0.25, 0.3) is 0 Å². The first-order valence-corrected chi connectivity index (χ1v) is 12.9. The Kier molecular flexibility index (Phi) is 9.02. The van der Waals surface area contributed by atoms with Crippen LogP contribution in [0.3, 0.4) is 0 Å². The van der Waals surface area contributed by atoms with Crippen LogP contribution in [0.2, 0.25) is 10.0 Å². The standard InChI is InChI=1S/C27H31Cl2FN6/c1-18(33-14-10-20-4-2-5-21(30)16-20)34-17-24-26(31)36(15-11-19-8-12-32-13-9-19)27(35-24)25-22(28)6-3-7-23(25)29/h2-7,16-17,19,32-33H,1,8-15,31H2. The molecule has 2 heterocycles. The van der Waals surface area contributed by atoms with Crippen molar-refractivity contribution in [1.82, 2.24) is 20.2 Å². The van der Waals surface area contributed by atoms with Gasteiger partial charge in [0.05, 0.1) is 21.8 Å². The number of benzene rings is 2. The van der Waals surface area contributed by atoms with Crippen molar-refractivity contribution in [2.75, 3.05) is 25.4 Å². The Hall–Kier alpha value is -2.87. The first-order valence-electron chi connectivity index (χ1n) is 12.1. The number of aliphatic imine (C=N–C) groups is 1. The second-order valence-corrected chi connectivity index (χ2v) is 9.76. The van der Waals surface area contributed by atoms with Crippen molar-refractivity contribution in [3.05, 3.63) is 82.0 Å². The van der Waals surface area contributed by atoms with Gasteiger partial charge in [-0.15, -0.1) is 0 Å². The zero-order chi connectivity index (χ0) is 25.5. The minimum Gasteiger partial charge on any atom is -0.383 e. The average Bonchev–Trinajstić information content (AvgIpc) is 3.17. The van der Waals surface area contributed by atoms with Gasteiger partial charge >= 0.3 is 0 Å². The molecule has 0 bridgehead atoms. The summed E-state index contributed by atoms with van der Waals surface area (Å²) in [5, 5.41) is 7.58. The van der Waals surface area contributed by atoms with E-state index in [1.54, 1.807) is 24.4 Å². The predicted octanol–water partition coefficient (Wildman–Crippen LogP) is 5.69. The second kappa shape index (κ2) is 12.4. The maximum Gasteiger partial charge on any atom is 0.145 e. The monoisotopic (exact) mass is 528 g/mol. The number of imidazole rings is 1. The van der Waals surface area contributed by atoms with Crippen LogP contribution in [0.1, 0.15) is 30.5 Å². The van der Waals surface area contributed by atoms with Gasteiger partial charge in [-0.25, -0.2) is 14.4 Å². The van der Waals surface area contributed by atoms with Gasteiger partial charge in [-0.05, 0) is 74.5 Å². The van der Waals surface area contributed by atoms with Crippen LogP contribution in [-0.4, -0.2) is 35.4 Å². The zero-order valence-electron chi connectivity index (χ0n) is 20.1. The molecular weight excluding hydrogens is 498 g/mol. The number of nitrogens with two attached hydrogens (primary N) is 1. The van der Waals surface area contributed by atoms with Crippen LogP contribution in [0.25, 0.3) is 11.4 Å². The Morgan fingerprint density at radius 2 is 1.94 bits per heavy atom. The molecule has 1 fully saturated rings. The molecule has 0 atom stereocenters. The molecule has 1 aliphatic heterocycles. The predicted molar refractivity (Wildman–Crippen MR) is 147 cm³/mol. The second-order valence-electron chi connectivity index (χ2n) is 8.95. The summed E-state index contributed by atoms with van der Waals surface area (Å²) in [4.78, 5) is 9.18. The number of halogens is 3. The summed E-state index contributed by atoms with van der Waals surface area (Å²) in [5.41, 5.74) is 8.64. The lowest BCUT2D eigenvalue weighted by molar-refractivity contribution is 0.339. The molecule has 0 amide bonds. The summed E-state index contributed by atoms with van der Waals surface area (Å²) in [5.74, 6) is 1.98. The van der Waals surface area contributed by atoms with Crippen LogP contribution in [0.5, 0.6) is 0 Å². The van der Waals surface area contributed by atoms with Gasteiger partial charge in [0.1, 0.15) is 29.0 Å². The summed E-state index contributed by atoms with van der Waals surface area (Å²) in [7, 11) is 0. The molecule has 0 radical (unpaired) electrons. The van der Waals surface area contributed by atoms with E-state index in [1.807, 2.05) is 16.7 Å². The fourth-order valence-corrected chi connectivity index (χ4v) is 4.98. The highest BCUT2D eigenvalue weighted by Gasteiger charge is 2.21. The molecule has 36 heavy (non-hydrogen) atoms. The molecule has 9 heteroatoms. The minimum absolute atomic E-state index is 0.245. The maximum absolute atomic E-state index is 13.4. The maximum atomic E-state index is 13.4. The summed E-state index contributed by atoms with van der Waals surface area (Å²) < 4.78 is 15.3. The van der Waals surface area contributed by atoms with E-state index >= 15 is 0 Å². The number of piperidine rings is 1. The lowest BCUT2D eigenvalue weighted by Gasteiger charge is -2.23. The first-order chi connectivity index (χ1) is 17.4. The number of nitrogen functional groups attached to an aromatic ring is 1. The molecule has 3 aromatic rings. The van der Waals surface area contributed by atoms with E-state index in [0.29, 0.717) is 64.2 Å². The van der Waals surface area contributed by atoms with Gasteiger partial charge in [-0.2, -0.15) is 0 Å². The van der Waals surface area contributed by atoms with Gasteiger partial charge < -0.3 is 20.9 Å². The Labute approximate surface area is 221 Å². The summed E-state index contributed by atoms with van der Waals surface area (Å²) >= 11 is 13.0. The van der Waals surface area contributed by atoms with Crippen LogP contribution < -0.4 is 16.4 Å². The van der Waals surface area contributed by atoms with Crippen molar-refractivity contribution in [2.45, 2.75) is 32.2 Å². The van der Waals surface area contributed by atoms with Crippen molar-refractivity contribution in [2.24, 2.45) is 10.9 Å². The Balaban J connectivity index is 1.50. The highest BCUT2D eigenvalue weighted by molar-refractivity contribution is 6.39. The molecule has 190 valence electrons. The van der Waals surface area contributed by atoms with Crippen LogP contribution in [0, 0.1) is 11.7 Å².